The fourth-order valence-electron chi connectivity index (χ4n) is 2.42. The summed E-state index contributed by atoms with van der Waals surface area (Å²) < 4.78 is 18.9. The lowest BCUT2D eigenvalue weighted by atomic mass is 9.83. The molecule has 0 bridgehead atoms. The maximum Gasteiger partial charge on any atom is 0.290 e. The molecule has 1 fully saturated rings. The van der Waals surface area contributed by atoms with Crippen molar-refractivity contribution in [2.75, 3.05) is 0 Å². The highest BCUT2D eigenvalue weighted by Crippen LogP contribution is 2.35. The van der Waals surface area contributed by atoms with Crippen molar-refractivity contribution < 1.29 is 13.7 Å². The molecule has 1 aliphatic rings. The van der Waals surface area contributed by atoms with Gasteiger partial charge in [-0.15, -0.1) is 12.4 Å². The van der Waals surface area contributed by atoms with Gasteiger partial charge in [0.15, 0.2) is 0 Å². The molecule has 124 valence electrons. The van der Waals surface area contributed by atoms with Crippen LogP contribution in [0.1, 0.15) is 52.6 Å². The SMILES string of the molecule is Cl.NCc1ccc(CNC(=O)c2cc(C3CCC3)no2)c(F)c1. The molecule has 1 heterocycles. The first-order valence-corrected chi connectivity index (χ1v) is 7.39. The number of aromatic nitrogens is 1. The van der Waals surface area contributed by atoms with Crippen molar-refractivity contribution in [3.8, 4) is 0 Å². The van der Waals surface area contributed by atoms with E-state index in [-0.39, 0.29) is 43.0 Å². The first kappa shape index (κ1) is 17.4. The topological polar surface area (TPSA) is 81.1 Å². The average molecular weight is 340 g/mol. The normalized spacial score (nSPS) is 14.0. The van der Waals surface area contributed by atoms with Gasteiger partial charge in [0, 0.05) is 30.6 Å². The zero-order chi connectivity index (χ0) is 15.5. The van der Waals surface area contributed by atoms with Gasteiger partial charge >= 0.3 is 0 Å². The van der Waals surface area contributed by atoms with Gasteiger partial charge < -0.3 is 15.6 Å². The third kappa shape index (κ3) is 3.89. The highest BCUT2D eigenvalue weighted by atomic mass is 35.5. The van der Waals surface area contributed by atoms with Crippen molar-refractivity contribution in [2.45, 2.75) is 38.3 Å². The van der Waals surface area contributed by atoms with Crippen LogP contribution in [-0.2, 0) is 13.1 Å². The van der Waals surface area contributed by atoms with Crippen LogP contribution in [0.2, 0.25) is 0 Å². The summed E-state index contributed by atoms with van der Waals surface area (Å²) in [6.07, 6.45) is 3.37. The average Bonchev–Trinajstić information content (AvgIpc) is 2.93. The van der Waals surface area contributed by atoms with E-state index in [4.69, 9.17) is 10.3 Å². The Hall–Kier alpha value is -1.92. The van der Waals surface area contributed by atoms with Crippen molar-refractivity contribution in [2.24, 2.45) is 5.73 Å². The van der Waals surface area contributed by atoms with Crippen molar-refractivity contribution in [3.05, 3.63) is 52.7 Å². The molecule has 1 saturated carbocycles. The minimum absolute atomic E-state index is 0. The van der Waals surface area contributed by atoms with Crippen molar-refractivity contribution in [3.63, 3.8) is 0 Å². The summed E-state index contributed by atoms with van der Waals surface area (Å²) in [5, 5.41) is 6.57. The molecule has 1 amide bonds. The second-order valence-electron chi connectivity index (χ2n) is 5.56. The lowest BCUT2D eigenvalue weighted by Crippen LogP contribution is -2.23. The van der Waals surface area contributed by atoms with E-state index < -0.39 is 0 Å². The third-order valence-corrected chi connectivity index (χ3v) is 4.07. The van der Waals surface area contributed by atoms with Crippen LogP contribution in [0.4, 0.5) is 4.39 Å². The minimum atomic E-state index is -0.389. The number of hydrogen-bond donors (Lipinski definition) is 2. The number of carbonyl (C=O) groups is 1. The number of nitrogens with zero attached hydrogens (tertiary/aromatic N) is 1. The molecule has 0 unspecified atom stereocenters. The van der Waals surface area contributed by atoms with Gasteiger partial charge in [0.1, 0.15) is 5.82 Å². The van der Waals surface area contributed by atoms with E-state index >= 15 is 0 Å². The quantitative estimate of drug-likeness (QED) is 0.877. The van der Waals surface area contributed by atoms with Gasteiger partial charge in [-0.05, 0) is 24.5 Å². The van der Waals surface area contributed by atoms with Gasteiger partial charge in [0.05, 0.1) is 5.69 Å². The number of nitrogens with two attached hydrogens (primary N) is 1. The smallest absolute Gasteiger partial charge is 0.290 e. The standard InChI is InChI=1S/C16H18FN3O2.ClH/c17-13-6-10(8-18)4-5-12(13)9-19-16(21)15-7-14(20-22-15)11-2-1-3-11;/h4-7,11H,1-3,8-9,18H2,(H,19,21);1H. The fraction of sp³-hybridized carbons (Fsp3) is 0.375. The Balaban J connectivity index is 0.00000192. The van der Waals surface area contributed by atoms with Gasteiger partial charge in [0.2, 0.25) is 5.76 Å². The molecule has 5 nitrogen and oxygen atoms in total. The van der Waals surface area contributed by atoms with E-state index in [1.165, 1.54) is 12.5 Å². The summed E-state index contributed by atoms with van der Waals surface area (Å²) >= 11 is 0. The Morgan fingerprint density at radius 1 is 1.39 bits per heavy atom. The Morgan fingerprint density at radius 3 is 2.78 bits per heavy atom. The molecule has 0 atom stereocenters. The minimum Gasteiger partial charge on any atom is -0.351 e. The summed E-state index contributed by atoms with van der Waals surface area (Å²) in [6, 6.07) is 6.42. The van der Waals surface area contributed by atoms with Crippen LogP contribution < -0.4 is 11.1 Å². The predicted molar refractivity (Wildman–Crippen MR) is 85.8 cm³/mol. The number of amides is 1. The number of halogens is 2. The summed E-state index contributed by atoms with van der Waals surface area (Å²) in [5.74, 6) is -0.191. The molecule has 3 N–H and O–H groups in total. The summed E-state index contributed by atoms with van der Waals surface area (Å²) in [6.45, 7) is 0.376. The number of hydrogen-bond acceptors (Lipinski definition) is 4. The van der Waals surface area contributed by atoms with Crippen LogP contribution >= 0.6 is 12.4 Å². The summed E-state index contributed by atoms with van der Waals surface area (Å²) in [4.78, 5) is 12.0. The molecule has 2 aromatic rings. The van der Waals surface area contributed by atoms with Crippen LogP contribution in [-0.4, -0.2) is 11.1 Å². The van der Waals surface area contributed by atoms with Crippen molar-refractivity contribution in [1.29, 1.82) is 0 Å². The molecular formula is C16H19ClFN3O2. The van der Waals surface area contributed by atoms with Crippen LogP contribution in [0.15, 0.2) is 28.8 Å². The Kier molecular flexibility index (Phi) is 5.74. The zero-order valence-electron chi connectivity index (χ0n) is 12.5. The van der Waals surface area contributed by atoms with Crippen molar-refractivity contribution in [1.82, 2.24) is 10.5 Å². The largest absolute Gasteiger partial charge is 0.351 e. The lowest BCUT2D eigenvalue weighted by Gasteiger charge is -2.22. The zero-order valence-corrected chi connectivity index (χ0v) is 13.4. The van der Waals surface area contributed by atoms with Gasteiger partial charge in [-0.3, -0.25) is 4.79 Å². The highest BCUT2D eigenvalue weighted by Gasteiger charge is 2.24. The van der Waals surface area contributed by atoms with Crippen LogP contribution in [0.25, 0.3) is 0 Å². The van der Waals surface area contributed by atoms with E-state index in [0.29, 0.717) is 17.0 Å². The van der Waals surface area contributed by atoms with E-state index in [9.17, 15) is 9.18 Å². The fourth-order valence-corrected chi connectivity index (χ4v) is 2.42. The third-order valence-electron chi connectivity index (χ3n) is 4.07. The Morgan fingerprint density at radius 2 is 2.17 bits per heavy atom. The van der Waals surface area contributed by atoms with Gasteiger partial charge in [0.25, 0.3) is 5.91 Å². The van der Waals surface area contributed by atoms with E-state index in [0.717, 1.165) is 18.5 Å². The van der Waals surface area contributed by atoms with Gasteiger partial charge in [-0.2, -0.15) is 0 Å². The lowest BCUT2D eigenvalue weighted by molar-refractivity contribution is 0.0913. The Bertz CT molecular complexity index is 686. The van der Waals surface area contributed by atoms with E-state index in [1.807, 2.05) is 0 Å². The van der Waals surface area contributed by atoms with E-state index in [2.05, 4.69) is 10.5 Å². The molecular weight excluding hydrogens is 321 g/mol. The number of benzene rings is 1. The number of nitrogens with one attached hydrogen (secondary N) is 1. The molecule has 0 saturated heterocycles. The monoisotopic (exact) mass is 339 g/mol. The van der Waals surface area contributed by atoms with Crippen molar-refractivity contribution >= 4 is 18.3 Å². The molecule has 3 rings (SSSR count). The molecule has 1 aliphatic carbocycles. The van der Waals surface area contributed by atoms with Crippen LogP contribution in [0.3, 0.4) is 0 Å². The number of carbonyl (C=O) groups excluding carboxylic acids is 1. The molecule has 0 spiro atoms. The maximum atomic E-state index is 13.8. The molecule has 0 radical (unpaired) electrons. The first-order chi connectivity index (χ1) is 10.7. The highest BCUT2D eigenvalue weighted by molar-refractivity contribution is 5.91. The second-order valence-corrected chi connectivity index (χ2v) is 5.56. The molecule has 7 heteroatoms. The molecule has 1 aromatic carbocycles. The van der Waals surface area contributed by atoms with Gasteiger partial charge in [-0.1, -0.05) is 23.7 Å². The molecule has 1 aromatic heterocycles. The predicted octanol–water partition coefficient (Wildman–Crippen LogP) is 2.89. The van der Waals surface area contributed by atoms with Crippen LogP contribution in [0, 0.1) is 5.82 Å². The summed E-state index contributed by atoms with van der Waals surface area (Å²) in [7, 11) is 0. The maximum absolute atomic E-state index is 13.8. The van der Waals surface area contributed by atoms with E-state index in [1.54, 1.807) is 18.2 Å². The second kappa shape index (κ2) is 7.57. The Labute approximate surface area is 139 Å². The summed E-state index contributed by atoms with van der Waals surface area (Å²) in [5.41, 5.74) is 7.41. The molecule has 0 aliphatic heterocycles. The molecule has 23 heavy (non-hydrogen) atoms. The number of rotatable bonds is 5. The van der Waals surface area contributed by atoms with Gasteiger partial charge in [-0.25, -0.2) is 4.39 Å². The first-order valence-electron chi connectivity index (χ1n) is 7.39. The van der Waals surface area contributed by atoms with Crippen LogP contribution in [0.5, 0.6) is 0 Å².